The van der Waals surface area contributed by atoms with Crippen LogP contribution in [0.25, 0.3) is 28.4 Å². The molecule has 3 aromatic heterocycles. The lowest BCUT2D eigenvalue weighted by Crippen LogP contribution is -2.31. The summed E-state index contributed by atoms with van der Waals surface area (Å²) >= 11 is 0. The van der Waals surface area contributed by atoms with Crippen molar-refractivity contribution in [3.63, 3.8) is 0 Å². The van der Waals surface area contributed by atoms with Crippen LogP contribution in [-0.2, 0) is 11.3 Å². The van der Waals surface area contributed by atoms with Crippen LogP contribution in [0.15, 0.2) is 24.9 Å². The highest BCUT2D eigenvalue weighted by atomic mass is 16.5. The Morgan fingerprint density at radius 2 is 1.87 bits per heavy atom. The number of pyridine rings is 1. The predicted octanol–water partition coefficient (Wildman–Crippen LogP) is 7.45. The molecule has 38 heavy (non-hydrogen) atoms. The third-order valence-electron chi connectivity index (χ3n) is 8.65. The van der Waals surface area contributed by atoms with E-state index < -0.39 is 0 Å². The molecule has 7 nitrogen and oxygen atoms in total. The lowest BCUT2D eigenvalue weighted by atomic mass is 9.80. The minimum Gasteiger partial charge on any atom is -0.491 e. The van der Waals surface area contributed by atoms with Gasteiger partial charge >= 0.3 is 0 Å². The molecule has 2 aliphatic rings. The van der Waals surface area contributed by atoms with E-state index in [0.29, 0.717) is 47.6 Å². The Bertz CT molecular complexity index is 1270. The van der Waals surface area contributed by atoms with E-state index in [0.717, 1.165) is 35.3 Å². The third-order valence-corrected chi connectivity index (χ3v) is 8.65. The molecule has 2 aliphatic carbocycles. The van der Waals surface area contributed by atoms with Crippen LogP contribution >= 0.6 is 0 Å². The second kappa shape index (κ2) is 11.4. The molecule has 2 saturated carbocycles. The lowest BCUT2D eigenvalue weighted by molar-refractivity contribution is 0.267. The zero-order valence-electron chi connectivity index (χ0n) is 23.8. The minimum absolute atomic E-state index is 0.319. The van der Waals surface area contributed by atoms with Gasteiger partial charge in [0.1, 0.15) is 11.2 Å². The van der Waals surface area contributed by atoms with Crippen molar-refractivity contribution in [2.45, 2.75) is 98.1 Å². The van der Waals surface area contributed by atoms with E-state index >= 15 is 0 Å². The molecule has 0 aromatic carbocycles. The van der Waals surface area contributed by atoms with E-state index in [9.17, 15) is 0 Å². The number of aromatic nitrogens is 5. The molecule has 1 N–H and O–H groups in total. The summed E-state index contributed by atoms with van der Waals surface area (Å²) in [7, 11) is 0. The maximum atomic E-state index is 5.72. The zero-order valence-corrected chi connectivity index (χ0v) is 23.8. The van der Waals surface area contributed by atoms with Crippen molar-refractivity contribution in [2.75, 3.05) is 11.9 Å². The van der Waals surface area contributed by atoms with Gasteiger partial charge in [-0.2, -0.15) is 0 Å². The van der Waals surface area contributed by atoms with E-state index in [2.05, 4.69) is 56.3 Å². The summed E-state index contributed by atoms with van der Waals surface area (Å²) in [6.07, 6.45) is 10.8. The molecule has 1 atom stereocenters. The van der Waals surface area contributed by atoms with Crippen LogP contribution in [0, 0.1) is 17.8 Å². The number of hydrogen-bond donors (Lipinski definition) is 1. The van der Waals surface area contributed by atoms with E-state index in [4.69, 9.17) is 24.7 Å². The highest BCUT2D eigenvalue weighted by Gasteiger charge is 2.28. The number of nitrogens with one attached hydrogen (secondary N) is 1. The van der Waals surface area contributed by atoms with Gasteiger partial charge in [0.05, 0.1) is 6.61 Å². The molecule has 3 aromatic rings. The Morgan fingerprint density at radius 3 is 2.53 bits per heavy atom. The van der Waals surface area contributed by atoms with Crippen molar-refractivity contribution >= 4 is 22.7 Å². The van der Waals surface area contributed by atoms with Gasteiger partial charge in [0, 0.05) is 18.8 Å². The normalized spacial score (nSPS) is 20.9. The first-order valence-corrected chi connectivity index (χ1v) is 14.7. The van der Waals surface area contributed by atoms with Crippen LogP contribution in [0.2, 0.25) is 0 Å². The molecule has 5 rings (SSSR count). The van der Waals surface area contributed by atoms with Crippen molar-refractivity contribution < 1.29 is 4.74 Å². The fourth-order valence-electron chi connectivity index (χ4n) is 5.85. The number of hydrogen-bond acceptors (Lipinski definition) is 6. The second-order valence-electron chi connectivity index (χ2n) is 11.8. The Labute approximate surface area is 227 Å². The maximum Gasteiger partial charge on any atom is 0.198 e. The van der Waals surface area contributed by atoms with E-state index in [1.165, 1.54) is 50.5 Å². The largest absolute Gasteiger partial charge is 0.491 e. The van der Waals surface area contributed by atoms with Crippen LogP contribution in [0.1, 0.15) is 96.9 Å². The maximum absolute atomic E-state index is 5.72. The number of rotatable bonds is 10. The summed E-state index contributed by atoms with van der Waals surface area (Å²) in [4.78, 5) is 19.8. The first kappa shape index (κ1) is 26.6. The molecule has 0 bridgehead atoms. The van der Waals surface area contributed by atoms with Gasteiger partial charge in [-0.15, -0.1) is 0 Å². The SMILES string of the molecule is C=C(OCC)c1nc(N[C@H](C)C2CCC2)c2c(n1)nc(-c1cc(C(C)C)ccn1)n2CC1CCC(C)CC1. The monoisotopic (exact) mass is 516 g/mol. The summed E-state index contributed by atoms with van der Waals surface area (Å²) in [5.74, 6) is 5.16. The summed E-state index contributed by atoms with van der Waals surface area (Å²) in [6.45, 7) is 16.5. The summed E-state index contributed by atoms with van der Waals surface area (Å²) in [6, 6.07) is 4.60. The number of imidazole rings is 1. The first-order valence-electron chi connectivity index (χ1n) is 14.7. The molecule has 0 aliphatic heterocycles. The van der Waals surface area contributed by atoms with Gasteiger partial charge in [-0.3, -0.25) is 4.98 Å². The Morgan fingerprint density at radius 1 is 1.11 bits per heavy atom. The molecule has 3 heterocycles. The number of ether oxygens (including phenoxy) is 1. The highest BCUT2D eigenvalue weighted by molar-refractivity contribution is 5.87. The standard InChI is InChI=1S/C31H44N6O/c1-7-38-22(6)28-34-29(33-21(5)24-9-8-10-24)27-30(35-28)36-31(26-17-25(19(2)3)15-16-32-26)37(27)18-23-13-11-20(4)12-14-23/h15-17,19-21,23-24H,6-14,18H2,1-5H3,(H,33,34,35)/t20?,21-,23?/m1/s1. The molecule has 0 amide bonds. The minimum atomic E-state index is 0.319. The molecule has 7 heteroatoms. The lowest BCUT2D eigenvalue weighted by Gasteiger charge is -2.32. The average Bonchev–Trinajstić information content (AvgIpc) is 3.23. The van der Waals surface area contributed by atoms with Crippen molar-refractivity contribution in [2.24, 2.45) is 17.8 Å². The Balaban J connectivity index is 1.66. The van der Waals surface area contributed by atoms with Gasteiger partial charge in [0.15, 0.2) is 28.9 Å². The van der Waals surface area contributed by atoms with Gasteiger partial charge in [0.25, 0.3) is 0 Å². The van der Waals surface area contributed by atoms with Crippen molar-refractivity contribution in [3.8, 4) is 11.5 Å². The molecule has 0 saturated heterocycles. The first-order chi connectivity index (χ1) is 18.3. The molecule has 0 unspecified atom stereocenters. The summed E-state index contributed by atoms with van der Waals surface area (Å²) in [5.41, 5.74) is 3.79. The summed E-state index contributed by atoms with van der Waals surface area (Å²) in [5, 5.41) is 3.77. The quantitative estimate of drug-likeness (QED) is 0.282. The molecular weight excluding hydrogens is 472 g/mol. The molecule has 204 valence electrons. The topological polar surface area (TPSA) is 77.8 Å². The molecular formula is C31H44N6O. The van der Waals surface area contributed by atoms with Crippen molar-refractivity contribution in [3.05, 3.63) is 36.3 Å². The van der Waals surface area contributed by atoms with Gasteiger partial charge < -0.3 is 14.6 Å². The summed E-state index contributed by atoms with van der Waals surface area (Å²) < 4.78 is 8.07. The fourth-order valence-corrected chi connectivity index (χ4v) is 5.85. The van der Waals surface area contributed by atoms with Crippen LogP contribution in [-0.4, -0.2) is 37.2 Å². The smallest absolute Gasteiger partial charge is 0.198 e. The van der Waals surface area contributed by atoms with E-state index in [1.54, 1.807) is 0 Å². The van der Waals surface area contributed by atoms with Gasteiger partial charge in [0.2, 0.25) is 0 Å². The van der Waals surface area contributed by atoms with Crippen LogP contribution in [0.4, 0.5) is 5.82 Å². The predicted molar refractivity (Wildman–Crippen MR) is 155 cm³/mol. The van der Waals surface area contributed by atoms with Crippen LogP contribution < -0.4 is 5.32 Å². The van der Waals surface area contributed by atoms with Crippen molar-refractivity contribution in [1.29, 1.82) is 0 Å². The van der Waals surface area contributed by atoms with E-state index in [-0.39, 0.29) is 0 Å². The van der Waals surface area contributed by atoms with Gasteiger partial charge in [-0.1, -0.05) is 46.6 Å². The fraction of sp³-hybridized carbons (Fsp3) is 0.613. The van der Waals surface area contributed by atoms with Gasteiger partial charge in [-0.25, -0.2) is 15.0 Å². The van der Waals surface area contributed by atoms with Crippen LogP contribution in [0.5, 0.6) is 0 Å². The Hall–Kier alpha value is -2.96. The van der Waals surface area contributed by atoms with Gasteiger partial charge in [-0.05, 0) is 80.9 Å². The number of nitrogens with zero attached hydrogens (tertiary/aromatic N) is 5. The van der Waals surface area contributed by atoms with Crippen molar-refractivity contribution in [1.82, 2.24) is 24.5 Å². The molecule has 2 fully saturated rings. The van der Waals surface area contributed by atoms with E-state index in [1.807, 2.05) is 13.1 Å². The number of anilines is 1. The highest BCUT2D eigenvalue weighted by Crippen LogP contribution is 2.36. The molecule has 0 spiro atoms. The average molecular weight is 517 g/mol. The zero-order chi connectivity index (χ0) is 26.8. The number of fused-ring (bicyclic) bond motifs is 1. The Kier molecular flexibility index (Phi) is 8.01. The van der Waals surface area contributed by atoms with Crippen LogP contribution in [0.3, 0.4) is 0 Å². The third kappa shape index (κ3) is 5.57. The molecule has 0 radical (unpaired) electrons. The second-order valence-corrected chi connectivity index (χ2v) is 11.8.